The van der Waals surface area contributed by atoms with Crippen LogP contribution in [0.5, 0.6) is 0 Å². The minimum atomic E-state index is -3.81. The van der Waals surface area contributed by atoms with Crippen molar-refractivity contribution < 1.29 is 12.6 Å². The van der Waals surface area contributed by atoms with Crippen molar-refractivity contribution in [2.75, 3.05) is 0 Å². The summed E-state index contributed by atoms with van der Waals surface area (Å²) in [5.41, 5.74) is 1.02. The molecule has 12 heavy (non-hydrogen) atoms. The van der Waals surface area contributed by atoms with Gasteiger partial charge in [-0.15, -0.1) is 11.3 Å². The Hall–Kier alpha value is -0.430. The van der Waals surface area contributed by atoms with Crippen molar-refractivity contribution in [1.29, 1.82) is 0 Å². The van der Waals surface area contributed by atoms with Gasteiger partial charge in [-0.25, -0.2) is 5.14 Å². The van der Waals surface area contributed by atoms with Crippen molar-refractivity contribution in [3.63, 3.8) is 0 Å². The van der Waals surface area contributed by atoms with Gasteiger partial charge in [0.25, 0.3) is 0 Å². The third kappa shape index (κ3) is 2.90. The summed E-state index contributed by atoms with van der Waals surface area (Å²) in [7, 11) is -3.81. The lowest BCUT2D eigenvalue weighted by Gasteiger charge is -1.98. The number of hydrogen-bond donors (Lipinski definition) is 1. The molecule has 4 nitrogen and oxygen atoms in total. The van der Waals surface area contributed by atoms with Crippen LogP contribution in [0.4, 0.5) is 0 Å². The molecule has 0 spiro atoms. The van der Waals surface area contributed by atoms with Crippen molar-refractivity contribution in [2.24, 2.45) is 5.14 Å². The SMILES string of the molecule is Cc1ccsc1COS(N)(=O)=O. The zero-order valence-electron chi connectivity index (χ0n) is 6.48. The average molecular weight is 207 g/mol. The van der Waals surface area contributed by atoms with E-state index in [1.165, 1.54) is 11.3 Å². The Morgan fingerprint density at radius 2 is 2.33 bits per heavy atom. The minimum absolute atomic E-state index is 0.0301. The number of nitrogens with two attached hydrogens (primary N) is 1. The van der Waals surface area contributed by atoms with E-state index in [1.807, 2.05) is 18.4 Å². The average Bonchev–Trinajstić information content (AvgIpc) is 2.29. The van der Waals surface area contributed by atoms with Gasteiger partial charge in [-0.1, -0.05) is 0 Å². The van der Waals surface area contributed by atoms with Crippen molar-refractivity contribution in [2.45, 2.75) is 13.5 Å². The van der Waals surface area contributed by atoms with Crippen molar-refractivity contribution in [1.82, 2.24) is 0 Å². The monoisotopic (exact) mass is 207 g/mol. The quantitative estimate of drug-likeness (QED) is 0.796. The van der Waals surface area contributed by atoms with Crippen LogP contribution in [0.2, 0.25) is 0 Å². The first-order valence-electron chi connectivity index (χ1n) is 3.19. The summed E-state index contributed by atoms with van der Waals surface area (Å²) < 4.78 is 25.2. The van der Waals surface area contributed by atoms with Crippen molar-refractivity contribution >= 4 is 21.6 Å². The topological polar surface area (TPSA) is 69.4 Å². The Morgan fingerprint density at radius 1 is 1.67 bits per heavy atom. The van der Waals surface area contributed by atoms with Gasteiger partial charge in [0.2, 0.25) is 0 Å². The van der Waals surface area contributed by atoms with Crippen LogP contribution in [0, 0.1) is 6.92 Å². The van der Waals surface area contributed by atoms with Crippen LogP contribution in [0.15, 0.2) is 11.4 Å². The summed E-state index contributed by atoms with van der Waals surface area (Å²) in [6.45, 7) is 1.92. The predicted octanol–water partition coefficient (Wildman–Crippen LogP) is 0.777. The highest BCUT2D eigenvalue weighted by Gasteiger charge is 2.05. The standard InChI is InChI=1S/C6H9NO3S2/c1-5-2-3-11-6(5)4-10-12(7,8)9/h2-3H,4H2,1H3,(H2,7,8,9). The zero-order valence-corrected chi connectivity index (χ0v) is 8.11. The highest BCUT2D eigenvalue weighted by Crippen LogP contribution is 2.16. The third-order valence-electron chi connectivity index (χ3n) is 1.32. The Morgan fingerprint density at radius 3 is 2.75 bits per heavy atom. The predicted molar refractivity (Wildman–Crippen MR) is 47.0 cm³/mol. The van der Waals surface area contributed by atoms with E-state index in [4.69, 9.17) is 0 Å². The molecule has 0 aliphatic carbocycles. The maximum absolute atomic E-state index is 10.4. The molecule has 0 atom stereocenters. The van der Waals surface area contributed by atoms with Crippen LogP contribution in [0.3, 0.4) is 0 Å². The lowest BCUT2D eigenvalue weighted by atomic mass is 10.3. The molecule has 0 aliphatic heterocycles. The smallest absolute Gasteiger partial charge is 0.253 e. The van der Waals surface area contributed by atoms with Gasteiger partial charge in [0.15, 0.2) is 0 Å². The first-order valence-corrected chi connectivity index (χ1v) is 5.54. The Kier molecular flexibility index (Phi) is 2.84. The lowest BCUT2D eigenvalue weighted by molar-refractivity contribution is 0.311. The van der Waals surface area contributed by atoms with E-state index in [0.29, 0.717) is 0 Å². The lowest BCUT2D eigenvalue weighted by Crippen LogP contribution is -2.15. The van der Waals surface area contributed by atoms with Crippen LogP contribution in [0.25, 0.3) is 0 Å². The van der Waals surface area contributed by atoms with Crippen molar-refractivity contribution in [3.8, 4) is 0 Å². The van der Waals surface area contributed by atoms with E-state index in [1.54, 1.807) is 0 Å². The molecule has 1 heterocycles. The molecule has 0 unspecified atom stereocenters. The normalized spacial score (nSPS) is 11.8. The van der Waals surface area contributed by atoms with E-state index >= 15 is 0 Å². The maximum Gasteiger partial charge on any atom is 0.333 e. The second-order valence-corrected chi connectivity index (χ2v) is 4.50. The number of thiophene rings is 1. The van der Waals surface area contributed by atoms with E-state index in [2.05, 4.69) is 9.32 Å². The molecule has 0 aliphatic rings. The molecule has 0 saturated heterocycles. The highest BCUT2D eigenvalue weighted by atomic mass is 32.2. The Balaban J connectivity index is 2.61. The van der Waals surface area contributed by atoms with Crippen LogP contribution >= 0.6 is 11.3 Å². The summed E-state index contributed by atoms with van der Waals surface area (Å²) in [5, 5.41) is 6.53. The van der Waals surface area contributed by atoms with Crippen LogP contribution in [0.1, 0.15) is 10.4 Å². The van der Waals surface area contributed by atoms with Gasteiger partial charge >= 0.3 is 10.3 Å². The highest BCUT2D eigenvalue weighted by molar-refractivity contribution is 7.84. The Labute approximate surface area is 75.2 Å². The van der Waals surface area contributed by atoms with E-state index in [0.717, 1.165) is 10.4 Å². The van der Waals surface area contributed by atoms with Gasteiger partial charge in [0.1, 0.15) is 6.61 Å². The molecule has 0 amide bonds. The van der Waals surface area contributed by atoms with E-state index in [-0.39, 0.29) is 6.61 Å². The first-order chi connectivity index (χ1) is 5.49. The number of hydrogen-bond acceptors (Lipinski definition) is 4. The molecule has 68 valence electrons. The Bertz CT molecular complexity index is 355. The summed E-state index contributed by atoms with van der Waals surface area (Å²) >= 11 is 1.45. The molecule has 6 heteroatoms. The number of aryl methyl sites for hydroxylation is 1. The molecule has 1 aromatic rings. The molecule has 1 rings (SSSR count). The zero-order chi connectivity index (χ0) is 9.19. The molecular formula is C6H9NO3S2. The van der Waals surface area contributed by atoms with Gasteiger partial charge in [0, 0.05) is 4.88 Å². The molecule has 0 radical (unpaired) electrons. The number of rotatable bonds is 3. The van der Waals surface area contributed by atoms with Crippen LogP contribution in [-0.2, 0) is 21.1 Å². The molecular weight excluding hydrogens is 198 g/mol. The molecule has 0 fully saturated rings. The van der Waals surface area contributed by atoms with E-state index < -0.39 is 10.3 Å². The second kappa shape index (κ2) is 3.53. The van der Waals surface area contributed by atoms with Gasteiger partial charge < -0.3 is 0 Å². The second-order valence-electron chi connectivity index (χ2n) is 2.28. The molecule has 0 bridgehead atoms. The summed E-state index contributed by atoms with van der Waals surface area (Å²) in [4.78, 5) is 0.879. The maximum atomic E-state index is 10.4. The fraction of sp³-hybridized carbons (Fsp3) is 0.333. The van der Waals surface area contributed by atoms with Crippen molar-refractivity contribution in [3.05, 3.63) is 21.9 Å². The largest absolute Gasteiger partial charge is 0.333 e. The van der Waals surface area contributed by atoms with Gasteiger partial charge in [-0.05, 0) is 23.9 Å². The third-order valence-corrected chi connectivity index (χ3v) is 2.77. The van der Waals surface area contributed by atoms with Gasteiger partial charge in [-0.3, -0.25) is 4.18 Å². The van der Waals surface area contributed by atoms with Gasteiger partial charge in [-0.2, -0.15) is 8.42 Å². The van der Waals surface area contributed by atoms with Crippen LogP contribution < -0.4 is 5.14 Å². The molecule has 2 N–H and O–H groups in total. The summed E-state index contributed by atoms with van der Waals surface area (Å²) in [5.74, 6) is 0. The molecule has 0 saturated carbocycles. The summed E-state index contributed by atoms with van der Waals surface area (Å²) in [6.07, 6.45) is 0. The fourth-order valence-electron chi connectivity index (χ4n) is 0.688. The van der Waals surface area contributed by atoms with Gasteiger partial charge in [0.05, 0.1) is 0 Å². The summed E-state index contributed by atoms with van der Waals surface area (Å²) in [6, 6.07) is 1.90. The van der Waals surface area contributed by atoms with Crippen LogP contribution in [-0.4, -0.2) is 8.42 Å². The molecule has 1 aromatic heterocycles. The molecule has 0 aromatic carbocycles. The van der Waals surface area contributed by atoms with E-state index in [9.17, 15) is 8.42 Å². The minimum Gasteiger partial charge on any atom is -0.253 e. The first kappa shape index (κ1) is 9.66. The fourth-order valence-corrected chi connectivity index (χ4v) is 1.86.